The SMILES string of the molecule is COCCCNC(=S)Nc1ccc(C)c([N+](=O)[O-])c1. The predicted molar refractivity (Wildman–Crippen MR) is 78.5 cm³/mol. The minimum Gasteiger partial charge on any atom is -0.385 e. The van der Waals surface area contributed by atoms with E-state index in [9.17, 15) is 10.1 Å². The van der Waals surface area contributed by atoms with Crippen LogP contribution in [0.5, 0.6) is 0 Å². The molecule has 0 saturated carbocycles. The van der Waals surface area contributed by atoms with E-state index in [0.29, 0.717) is 29.5 Å². The van der Waals surface area contributed by atoms with Gasteiger partial charge in [0, 0.05) is 37.6 Å². The van der Waals surface area contributed by atoms with E-state index in [0.717, 1.165) is 6.42 Å². The maximum atomic E-state index is 10.8. The lowest BCUT2D eigenvalue weighted by Gasteiger charge is -2.10. The molecular weight excluding hydrogens is 266 g/mol. The molecular formula is C12H17N3O3S. The molecule has 0 spiro atoms. The van der Waals surface area contributed by atoms with Gasteiger partial charge in [0.1, 0.15) is 0 Å². The smallest absolute Gasteiger partial charge is 0.274 e. The second kappa shape index (κ2) is 7.65. The highest BCUT2D eigenvalue weighted by atomic mass is 32.1. The first-order valence-corrected chi connectivity index (χ1v) is 6.24. The number of anilines is 1. The van der Waals surface area contributed by atoms with Crippen molar-refractivity contribution in [1.29, 1.82) is 0 Å². The van der Waals surface area contributed by atoms with Crippen molar-refractivity contribution in [3.8, 4) is 0 Å². The van der Waals surface area contributed by atoms with Gasteiger partial charge < -0.3 is 15.4 Å². The lowest BCUT2D eigenvalue weighted by atomic mass is 10.2. The van der Waals surface area contributed by atoms with Crippen LogP contribution in [-0.4, -0.2) is 30.3 Å². The van der Waals surface area contributed by atoms with Crippen molar-refractivity contribution in [2.45, 2.75) is 13.3 Å². The second-order valence-corrected chi connectivity index (χ2v) is 4.39. The van der Waals surface area contributed by atoms with Crippen molar-refractivity contribution >= 4 is 28.7 Å². The van der Waals surface area contributed by atoms with Gasteiger partial charge in [0.15, 0.2) is 5.11 Å². The molecule has 0 saturated heterocycles. The topological polar surface area (TPSA) is 76.4 Å². The minimum atomic E-state index is -0.407. The molecule has 0 aliphatic rings. The molecule has 7 heteroatoms. The van der Waals surface area contributed by atoms with Gasteiger partial charge in [0.25, 0.3) is 5.69 Å². The van der Waals surface area contributed by atoms with Gasteiger partial charge in [-0.25, -0.2) is 0 Å². The summed E-state index contributed by atoms with van der Waals surface area (Å²) in [4.78, 5) is 10.4. The minimum absolute atomic E-state index is 0.0761. The molecule has 0 amide bonds. The fraction of sp³-hybridized carbons (Fsp3) is 0.417. The standard InChI is InChI=1S/C12H17N3O3S/c1-9-4-5-10(8-11(9)15(16)17)14-12(19)13-6-3-7-18-2/h4-5,8H,3,6-7H2,1-2H3,(H2,13,14,19). The van der Waals surface area contributed by atoms with Crippen molar-refractivity contribution in [2.24, 2.45) is 0 Å². The molecule has 1 aromatic carbocycles. The lowest BCUT2D eigenvalue weighted by Crippen LogP contribution is -2.29. The third-order valence-electron chi connectivity index (χ3n) is 2.47. The van der Waals surface area contributed by atoms with E-state index in [-0.39, 0.29) is 5.69 Å². The number of benzene rings is 1. The van der Waals surface area contributed by atoms with E-state index in [1.165, 1.54) is 6.07 Å². The van der Waals surface area contributed by atoms with Gasteiger partial charge >= 0.3 is 0 Å². The normalized spacial score (nSPS) is 10.0. The monoisotopic (exact) mass is 283 g/mol. The molecule has 2 N–H and O–H groups in total. The Morgan fingerprint density at radius 2 is 2.26 bits per heavy atom. The Balaban J connectivity index is 2.55. The number of ether oxygens (including phenoxy) is 1. The fourth-order valence-electron chi connectivity index (χ4n) is 1.48. The van der Waals surface area contributed by atoms with E-state index in [2.05, 4.69) is 10.6 Å². The number of methoxy groups -OCH3 is 1. The summed E-state index contributed by atoms with van der Waals surface area (Å²) < 4.78 is 4.92. The van der Waals surface area contributed by atoms with Gasteiger partial charge in [-0.15, -0.1) is 0 Å². The zero-order valence-electron chi connectivity index (χ0n) is 10.9. The Labute approximate surface area is 117 Å². The number of nitrogens with zero attached hydrogens (tertiary/aromatic N) is 1. The third kappa shape index (κ3) is 5.19. The number of nitro groups is 1. The number of nitro benzene ring substituents is 1. The summed E-state index contributed by atoms with van der Waals surface area (Å²) in [5.74, 6) is 0. The molecule has 0 aliphatic carbocycles. The number of aryl methyl sites for hydroxylation is 1. The van der Waals surface area contributed by atoms with Crippen molar-refractivity contribution in [1.82, 2.24) is 5.32 Å². The van der Waals surface area contributed by atoms with Crippen molar-refractivity contribution in [3.05, 3.63) is 33.9 Å². The van der Waals surface area contributed by atoms with E-state index >= 15 is 0 Å². The number of hydrogen-bond acceptors (Lipinski definition) is 4. The maximum Gasteiger partial charge on any atom is 0.274 e. The van der Waals surface area contributed by atoms with Gasteiger partial charge in [-0.2, -0.15) is 0 Å². The van der Waals surface area contributed by atoms with Crippen LogP contribution in [0.15, 0.2) is 18.2 Å². The van der Waals surface area contributed by atoms with Crippen LogP contribution in [0.2, 0.25) is 0 Å². The Kier molecular flexibility index (Phi) is 6.17. The van der Waals surface area contributed by atoms with Crippen molar-refractivity contribution in [3.63, 3.8) is 0 Å². The van der Waals surface area contributed by atoms with Gasteiger partial charge in [0.2, 0.25) is 0 Å². The first-order chi connectivity index (χ1) is 9.04. The molecule has 0 fully saturated rings. The predicted octanol–water partition coefficient (Wildman–Crippen LogP) is 2.23. The Morgan fingerprint density at radius 1 is 1.53 bits per heavy atom. The molecule has 1 rings (SSSR count). The maximum absolute atomic E-state index is 10.8. The number of rotatable bonds is 6. The third-order valence-corrected chi connectivity index (χ3v) is 2.72. The van der Waals surface area contributed by atoms with Gasteiger partial charge in [-0.05, 0) is 31.6 Å². The number of nitrogens with one attached hydrogen (secondary N) is 2. The quantitative estimate of drug-likeness (QED) is 0.361. The molecule has 0 unspecified atom stereocenters. The van der Waals surface area contributed by atoms with Crippen LogP contribution in [-0.2, 0) is 4.74 Å². The molecule has 104 valence electrons. The average Bonchev–Trinajstić information content (AvgIpc) is 2.36. The molecule has 0 aliphatic heterocycles. The van der Waals surface area contributed by atoms with Gasteiger partial charge in [0.05, 0.1) is 4.92 Å². The Bertz CT molecular complexity index is 466. The molecule has 1 aromatic rings. The molecule has 19 heavy (non-hydrogen) atoms. The molecule has 0 heterocycles. The van der Waals surface area contributed by atoms with Crippen LogP contribution in [0, 0.1) is 17.0 Å². The van der Waals surface area contributed by atoms with Gasteiger partial charge in [-0.1, -0.05) is 6.07 Å². The number of thiocarbonyl (C=S) groups is 1. The molecule has 0 atom stereocenters. The van der Waals surface area contributed by atoms with Crippen molar-refractivity contribution < 1.29 is 9.66 Å². The highest BCUT2D eigenvalue weighted by Crippen LogP contribution is 2.22. The number of hydrogen-bond donors (Lipinski definition) is 2. The van der Waals surface area contributed by atoms with E-state index in [1.54, 1.807) is 26.2 Å². The first-order valence-electron chi connectivity index (χ1n) is 5.83. The van der Waals surface area contributed by atoms with Crippen LogP contribution in [0.25, 0.3) is 0 Å². The van der Waals surface area contributed by atoms with Crippen LogP contribution in [0.1, 0.15) is 12.0 Å². The van der Waals surface area contributed by atoms with E-state index < -0.39 is 4.92 Å². The van der Waals surface area contributed by atoms with Crippen LogP contribution < -0.4 is 10.6 Å². The molecule has 0 bridgehead atoms. The summed E-state index contributed by atoms with van der Waals surface area (Å²) in [6.07, 6.45) is 0.840. The highest BCUT2D eigenvalue weighted by molar-refractivity contribution is 7.80. The first kappa shape index (κ1) is 15.3. The van der Waals surface area contributed by atoms with Gasteiger partial charge in [-0.3, -0.25) is 10.1 Å². The van der Waals surface area contributed by atoms with Crippen LogP contribution in [0.4, 0.5) is 11.4 Å². The summed E-state index contributed by atoms with van der Waals surface area (Å²) in [7, 11) is 1.64. The summed E-state index contributed by atoms with van der Waals surface area (Å²) in [5, 5.41) is 17.2. The van der Waals surface area contributed by atoms with E-state index in [4.69, 9.17) is 17.0 Å². The Morgan fingerprint density at radius 3 is 2.89 bits per heavy atom. The molecule has 0 aromatic heterocycles. The van der Waals surface area contributed by atoms with Crippen LogP contribution in [0.3, 0.4) is 0 Å². The fourth-order valence-corrected chi connectivity index (χ4v) is 1.70. The largest absolute Gasteiger partial charge is 0.385 e. The van der Waals surface area contributed by atoms with E-state index in [1.807, 2.05) is 0 Å². The zero-order valence-corrected chi connectivity index (χ0v) is 11.8. The summed E-state index contributed by atoms with van der Waals surface area (Å²) in [6.45, 7) is 3.04. The molecule has 0 radical (unpaired) electrons. The van der Waals surface area contributed by atoms with Crippen molar-refractivity contribution in [2.75, 3.05) is 25.6 Å². The summed E-state index contributed by atoms with van der Waals surface area (Å²) in [5.41, 5.74) is 1.29. The molecule has 6 nitrogen and oxygen atoms in total. The second-order valence-electron chi connectivity index (χ2n) is 3.99. The Hall–Kier alpha value is -1.73. The summed E-state index contributed by atoms with van der Waals surface area (Å²) >= 11 is 5.09. The van der Waals surface area contributed by atoms with Crippen LogP contribution >= 0.6 is 12.2 Å². The summed E-state index contributed by atoms with van der Waals surface area (Å²) in [6, 6.07) is 4.91. The average molecular weight is 283 g/mol. The lowest BCUT2D eigenvalue weighted by molar-refractivity contribution is -0.385. The highest BCUT2D eigenvalue weighted by Gasteiger charge is 2.11. The zero-order chi connectivity index (χ0) is 14.3.